The lowest BCUT2D eigenvalue weighted by atomic mass is 9.83. The molecule has 0 aliphatic carbocycles. The van der Waals surface area contributed by atoms with E-state index in [1.54, 1.807) is 42.5 Å². The van der Waals surface area contributed by atoms with Crippen molar-refractivity contribution in [3.8, 4) is 23.3 Å². The van der Waals surface area contributed by atoms with Gasteiger partial charge in [-0.15, -0.1) is 0 Å². The minimum absolute atomic E-state index is 0.0275. The molecule has 6 nitrogen and oxygen atoms in total. The van der Waals surface area contributed by atoms with Crippen molar-refractivity contribution in [2.24, 2.45) is 5.73 Å². The third-order valence-corrected chi connectivity index (χ3v) is 5.70. The topological polar surface area (TPSA) is 94.6 Å². The monoisotopic (exact) mass is 504 g/mol. The molecule has 1 atom stereocenters. The van der Waals surface area contributed by atoms with Gasteiger partial charge in [0.25, 0.3) is 0 Å². The van der Waals surface area contributed by atoms with Crippen LogP contribution >= 0.6 is 15.9 Å². The highest BCUT2D eigenvalue weighted by molar-refractivity contribution is 9.10. The second-order valence-electron chi connectivity index (χ2n) is 7.41. The fourth-order valence-electron chi connectivity index (χ4n) is 3.63. The molecule has 166 valence electrons. The molecule has 0 spiro atoms. The van der Waals surface area contributed by atoms with Gasteiger partial charge < -0.3 is 19.9 Å². The summed E-state index contributed by atoms with van der Waals surface area (Å²) in [5.41, 5.74) is 8.39. The molecule has 7 heteroatoms. The molecule has 0 aromatic heterocycles. The number of ether oxygens (including phenoxy) is 3. The number of halogens is 1. The Labute approximate surface area is 200 Å². The molecule has 1 heterocycles. The van der Waals surface area contributed by atoms with Crippen LogP contribution in [0.5, 0.6) is 17.2 Å². The zero-order valence-electron chi connectivity index (χ0n) is 17.9. The maximum atomic E-state index is 12.8. The van der Waals surface area contributed by atoms with Crippen LogP contribution in [-0.4, -0.2) is 12.6 Å². The highest BCUT2D eigenvalue weighted by Gasteiger charge is 2.31. The number of nitrogens with zero attached hydrogens (tertiary/aromatic N) is 1. The molecular formula is C26H21BrN2O4. The number of allylic oxidation sites excluding steroid dienone is 1. The van der Waals surface area contributed by atoms with Gasteiger partial charge in [0.2, 0.25) is 5.88 Å². The molecule has 3 aromatic rings. The minimum Gasteiger partial charge on any atom is -0.493 e. The molecule has 1 unspecified atom stereocenters. The number of hydrogen-bond acceptors (Lipinski definition) is 6. The van der Waals surface area contributed by atoms with Crippen molar-refractivity contribution in [2.75, 3.05) is 6.61 Å². The Hall–Kier alpha value is -3.76. The lowest BCUT2D eigenvalue weighted by Gasteiger charge is -2.26. The molecule has 0 amide bonds. The number of carbonyl (C=O) groups excluding carboxylic acids is 1. The Morgan fingerprint density at radius 2 is 1.91 bits per heavy atom. The smallest absolute Gasteiger partial charge is 0.347 e. The van der Waals surface area contributed by atoms with Crippen LogP contribution < -0.4 is 19.9 Å². The van der Waals surface area contributed by atoms with E-state index < -0.39 is 5.97 Å². The van der Waals surface area contributed by atoms with Gasteiger partial charge in [-0.05, 0) is 42.3 Å². The molecule has 0 radical (unpaired) electrons. The van der Waals surface area contributed by atoms with Crippen molar-refractivity contribution < 1.29 is 19.0 Å². The average molecular weight is 505 g/mol. The van der Waals surface area contributed by atoms with E-state index in [1.165, 1.54) is 0 Å². The highest BCUT2D eigenvalue weighted by Crippen LogP contribution is 2.43. The van der Waals surface area contributed by atoms with E-state index >= 15 is 0 Å². The maximum Gasteiger partial charge on any atom is 0.347 e. The van der Waals surface area contributed by atoms with Gasteiger partial charge in [0, 0.05) is 16.1 Å². The number of hydrogen-bond donors (Lipinski definition) is 1. The van der Waals surface area contributed by atoms with Gasteiger partial charge in [-0.2, -0.15) is 5.26 Å². The number of esters is 1. The van der Waals surface area contributed by atoms with Crippen LogP contribution in [0.2, 0.25) is 0 Å². The molecule has 0 saturated carbocycles. The van der Waals surface area contributed by atoms with Gasteiger partial charge in [-0.25, -0.2) is 4.79 Å². The minimum atomic E-state index is -0.539. The van der Waals surface area contributed by atoms with Crippen LogP contribution in [0, 0.1) is 11.3 Å². The van der Waals surface area contributed by atoms with Crippen molar-refractivity contribution in [1.82, 2.24) is 0 Å². The Balaban J connectivity index is 1.65. The Morgan fingerprint density at radius 3 is 2.64 bits per heavy atom. The highest BCUT2D eigenvalue weighted by atomic mass is 79.9. The first-order valence-electron chi connectivity index (χ1n) is 10.4. The van der Waals surface area contributed by atoms with E-state index in [9.17, 15) is 10.1 Å². The van der Waals surface area contributed by atoms with Crippen molar-refractivity contribution >= 4 is 21.9 Å². The molecule has 33 heavy (non-hydrogen) atoms. The van der Waals surface area contributed by atoms with Crippen LogP contribution in [0.3, 0.4) is 0 Å². The number of benzene rings is 3. The molecule has 0 bridgehead atoms. The third kappa shape index (κ3) is 4.71. The summed E-state index contributed by atoms with van der Waals surface area (Å²) in [6.07, 6.45) is 0.824. The Kier molecular flexibility index (Phi) is 6.66. The summed E-state index contributed by atoms with van der Waals surface area (Å²) in [6.45, 7) is 2.49. The van der Waals surface area contributed by atoms with Crippen LogP contribution in [0.15, 0.2) is 82.7 Å². The standard InChI is InChI=1S/C26H21BrN2O4/c1-2-13-31-22-6-4-3-5-20(22)26(30)32-18-11-12-19-23(14-18)33-25(29)21(15-28)24(19)16-7-9-17(27)10-8-16/h3-12,14,24H,2,13,29H2,1H3. The molecule has 1 aliphatic heterocycles. The number of rotatable bonds is 6. The van der Waals surface area contributed by atoms with E-state index in [-0.39, 0.29) is 11.8 Å². The van der Waals surface area contributed by atoms with Gasteiger partial charge in [-0.1, -0.05) is 53.2 Å². The Bertz CT molecular complexity index is 1260. The molecule has 0 fully saturated rings. The van der Waals surface area contributed by atoms with Crippen molar-refractivity contribution in [1.29, 1.82) is 5.26 Å². The van der Waals surface area contributed by atoms with Gasteiger partial charge in [-0.3, -0.25) is 0 Å². The first-order valence-corrected chi connectivity index (χ1v) is 11.2. The largest absolute Gasteiger partial charge is 0.493 e. The van der Waals surface area contributed by atoms with Crippen LogP contribution in [0.4, 0.5) is 0 Å². The second kappa shape index (κ2) is 9.80. The van der Waals surface area contributed by atoms with Crippen molar-refractivity contribution in [3.63, 3.8) is 0 Å². The van der Waals surface area contributed by atoms with E-state index in [1.807, 2.05) is 31.2 Å². The van der Waals surface area contributed by atoms with Crippen LogP contribution in [0.1, 0.15) is 40.7 Å². The first kappa shape index (κ1) is 22.4. The second-order valence-corrected chi connectivity index (χ2v) is 8.33. The lowest BCUT2D eigenvalue weighted by Crippen LogP contribution is -2.21. The number of carbonyl (C=O) groups is 1. The van der Waals surface area contributed by atoms with Gasteiger partial charge in [0.1, 0.15) is 34.5 Å². The van der Waals surface area contributed by atoms with Crippen LogP contribution in [-0.2, 0) is 0 Å². The SMILES string of the molecule is CCCOc1ccccc1C(=O)Oc1ccc2c(c1)OC(N)=C(C#N)C2c1ccc(Br)cc1. The summed E-state index contributed by atoms with van der Waals surface area (Å²) >= 11 is 3.43. The quantitative estimate of drug-likeness (QED) is 0.343. The molecule has 3 aromatic carbocycles. The van der Waals surface area contributed by atoms with E-state index in [4.69, 9.17) is 19.9 Å². The summed E-state index contributed by atoms with van der Waals surface area (Å²) < 4.78 is 17.9. The fraction of sp³-hybridized carbons (Fsp3) is 0.154. The summed E-state index contributed by atoms with van der Waals surface area (Å²) in [6, 6.07) is 21.9. The van der Waals surface area contributed by atoms with Crippen LogP contribution in [0.25, 0.3) is 0 Å². The summed E-state index contributed by atoms with van der Waals surface area (Å²) in [7, 11) is 0. The van der Waals surface area contributed by atoms with Crippen molar-refractivity contribution in [3.05, 3.63) is 99.3 Å². The Morgan fingerprint density at radius 1 is 1.15 bits per heavy atom. The zero-order valence-corrected chi connectivity index (χ0v) is 19.5. The summed E-state index contributed by atoms with van der Waals surface area (Å²) in [5, 5.41) is 9.70. The average Bonchev–Trinajstić information content (AvgIpc) is 2.82. The molecule has 0 saturated heterocycles. The predicted molar refractivity (Wildman–Crippen MR) is 127 cm³/mol. The zero-order chi connectivity index (χ0) is 23.4. The molecular weight excluding hydrogens is 484 g/mol. The van der Waals surface area contributed by atoms with Gasteiger partial charge in [0.05, 0.1) is 12.5 Å². The molecule has 2 N–H and O–H groups in total. The third-order valence-electron chi connectivity index (χ3n) is 5.17. The predicted octanol–water partition coefficient (Wildman–Crippen LogP) is 5.68. The maximum absolute atomic E-state index is 12.8. The van der Waals surface area contributed by atoms with Gasteiger partial charge >= 0.3 is 5.97 Å². The number of nitrogens with two attached hydrogens (primary N) is 1. The molecule has 1 aliphatic rings. The van der Waals surface area contributed by atoms with E-state index in [2.05, 4.69) is 22.0 Å². The normalized spacial score (nSPS) is 14.6. The molecule has 4 rings (SSSR count). The number of nitriles is 1. The van der Waals surface area contributed by atoms with E-state index in [0.29, 0.717) is 35.0 Å². The fourth-order valence-corrected chi connectivity index (χ4v) is 3.90. The number of fused-ring (bicyclic) bond motifs is 1. The first-order chi connectivity index (χ1) is 16.0. The number of para-hydroxylation sites is 1. The summed E-state index contributed by atoms with van der Waals surface area (Å²) in [5.74, 6) is 0.300. The van der Waals surface area contributed by atoms with Crippen molar-refractivity contribution in [2.45, 2.75) is 19.3 Å². The lowest BCUT2D eigenvalue weighted by molar-refractivity contribution is 0.0730. The summed E-state index contributed by atoms with van der Waals surface area (Å²) in [4.78, 5) is 12.8. The van der Waals surface area contributed by atoms with Gasteiger partial charge in [0.15, 0.2) is 0 Å². The van der Waals surface area contributed by atoms with E-state index in [0.717, 1.165) is 22.0 Å².